The van der Waals surface area contributed by atoms with E-state index in [4.69, 9.17) is 18.0 Å². The lowest BCUT2D eigenvalue weighted by atomic mass is 10.4. The maximum atomic E-state index is 12.1. The number of nitrogens with zero attached hydrogens (tertiary/aromatic N) is 1. The summed E-state index contributed by atoms with van der Waals surface area (Å²) in [4.78, 5) is 11.5. The fourth-order valence-corrected chi connectivity index (χ4v) is 3.24. The van der Waals surface area contributed by atoms with Crippen LogP contribution in [-0.2, 0) is 19.6 Å². The Morgan fingerprint density at radius 2 is 2.11 bits per heavy atom. The molecule has 0 aromatic carbocycles. The SMILES string of the molecule is CCOC(=O)CS(=O)(=O)N(CCC(N)=S)C1CC1. The zero-order chi connectivity index (χ0) is 13.8. The van der Waals surface area contributed by atoms with Crippen molar-refractivity contribution in [1.82, 2.24) is 4.31 Å². The van der Waals surface area contributed by atoms with Crippen molar-refractivity contribution in [2.24, 2.45) is 5.73 Å². The van der Waals surface area contributed by atoms with Crippen LogP contribution in [0.1, 0.15) is 26.2 Å². The summed E-state index contributed by atoms with van der Waals surface area (Å²) < 4.78 is 30.1. The zero-order valence-corrected chi connectivity index (χ0v) is 11.9. The van der Waals surface area contributed by atoms with Crippen LogP contribution in [0.25, 0.3) is 0 Å². The zero-order valence-electron chi connectivity index (χ0n) is 10.3. The van der Waals surface area contributed by atoms with Crippen molar-refractivity contribution < 1.29 is 17.9 Å². The van der Waals surface area contributed by atoms with Crippen molar-refractivity contribution in [3.63, 3.8) is 0 Å². The topological polar surface area (TPSA) is 89.7 Å². The third-order valence-corrected chi connectivity index (χ3v) is 4.50. The van der Waals surface area contributed by atoms with Gasteiger partial charge in [-0.2, -0.15) is 4.31 Å². The summed E-state index contributed by atoms with van der Waals surface area (Å²) in [7, 11) is -3.63. The van der Waals surface area contributed by atoms with Crippen LogP contribution in [0.5, 0.6) is 0 Å². The van der Waals surface area contributed by atoms with Crippen LogP contribution >= 0.6 is 12.2 Å². The maximum Gasteiger partial charge on any atom is 0.322 e. The number of hydrogen-bond acceptors (Lipinski definition) is 5. The smallest absolute Gasteiger partial charge is 0.322 e. The molecule has 104 valence electrons. The monoisotopic (exact) mass is 294 g/mol. The predicted octanol–water partition coefficient (Wildman–Crippen LogP) is 0.0199. The minimum absolute atomic E-state index is 0.0150. The molecule has 8 heteroatoms. The highest BCUT2D eigenvalue weighted by Gasteiger charge is 2.38. The molecule has 0 amide bonds. The van der Waals surface area contributed by atoms with E-state index < -0.39 is 21.7 Å². The quantitative estimate of drug-likeness (QED) is 0.501. The second-order valence-corrected chi connectivity index (χ2v) is 6.57. The molecule has 0 aliphatic heterocycles. The maximum absolute atomic E-state index is 12.1. The summed E-state index contributed by atoms with van der Waals surface area (Å²) in [5, 5.41) is 0. The van der Waals surface area contributed by atoms with Gasteiger partial charge in [0.05, 0.1) is 11.6 Å². The number of ether oxygens (including phenoxy) is 1. The fraction of sp³-hybridized carbons (Fsp3) is 0.800. The van der Waals surface area contributed by atoms with E-state index in [0.717, 1.165) is 12.8 Å². The lowest BCUT2D eigenvalue weighted by molar-refractivity contribution is -0.140. The van der Waals surface area contributed by atoms with Crippen molar-refractivity contribution in [2.75, 3.05) is 18.9 Å². The molecule has 2 N–H and O–H groups in total. The first-order valence-electron chi connectivity index (χ1n) is 5.80. The third-order valence-electron chi connectivity index (χ3n) is 2.50. The van der Waals surface area contributed by atoms with Gasteiger partial charge in [0, 0.05) is 19.0 Å². The molecule has 1 rings (SSSR count). The molecule has 0 spiro atoms. The molecule has 0 heterocycles. The van der Waals surface area contributed by atoms with Crippen LogP contribution in [0.15, 0.2) is 0 Å². The van der Waals surface area contributed by atoms with Crippen LogP contribution in [-0.4, -0.2) is 48.6 Å². The second-order valence-electron chi connectivity index (χ2n) is 4.12. The normalized spacial score (nSPS) is 15.7. The van der Waals surface area contributed by atoms with Crippen molar-refractivity contribution in [2.45, 2.75) is 32.2 Å². The summed E-state index contributed by atoms with van der Waals surface area (Å²) >= 11 is 4.74. The number of sulfonamides is 1. The Balaban J connectivity index is 2.65. The predicted molar refractivity (Wildman–Crippen MR) is 71.6 cm³/mol. The van der Waals surface area contributed by atoms with E-state index in [1.54, 1.807) is 6.92 Å². The second kappa shape index (κ2) is 6.44. The summed E-state index contributed by atoms with van der Waals surface area (Å²) in [6, 6.07) is -0.0150. The molecule has 0 radical (unpaired) electrons. The average Bonchev–Trinajstić information content (AvgIpc) is 3.00. The third kappa shape index (κ3) is 4.87. The van der Waals surface area contributed by atoms with E-state index in [-0.39, 0.29) is 24.2 Å². The van der Waals surface area contributed by atoms with Crippen LogP contribution < -0.4 is 5.73 Å². The summed E-state index contributed by atoms with van der Waals surface area (Å²) in [5.41, 5.74) is 5.37. The molecule has 0 saturated heterocycles. The van der Waals surface area contributed by atoms with E-state index in [9.17, 15) is 13.2 Å². The molecular weight excluding hydrogens is 276 g/mol. The lowest BCUT2D eigenvalue weighted by Crippen LogP contribution is -2.39. The van der Waals surface area contributed by atoms with E-state index in [0.29, 0.717) is 6.42 Å². The molecule has 1 aliphatic rings. The number of esters is 1. The van der Waals surface area contributed by atoms with Gasteiger partial charge in [0.15, 0.2) is 5.75 Å². The Morgan fingerprint density at radius 1 is 1.50 bits per heavy atom. The first kappa shape index (κ1) is 15.3. The molecule has 1 fully saturated rings. The molecule has 6 nitrogen and oxygen atoms in total. The van der Waals surface area contributed by atoms with Gasteiger partial charge in [0.25, 0.3) is 0 Å². The van der Waals surface area contributed by atoms with Crippen LogP contribution in [0, 0.1) is 0 Å². The lowest BCUT2D eigenvalue weighted by Gasteiger charge is -2.20. The number of thiocarbonyl (C=S) groups is 1. The van der Waals surface area contributed by atoms with Crippen molar-refractivity contribution in [3.8, 4) is 0 Å². The number of rotatable bonds is 8. The van der Waals surface area contributed by atoms with Crippen LogP contribution in [0.4, 0.5) is 0 Å². The van der Waals surface area contributed by atoms with Gasteiger partial charge in [-0.3, -0.25) is 4.79 Å². The number of carbonyl (C=O) groups is 1. The Labute approximate surface area is 113 Å². The molecule has 0 aromatic heterocycles. The molecule has 0 bridgehead atoms. The van der Waals surface area contributed by atoms with E-state index in [1.807, 2.05) is 0 Å². The van der Waals surface area contributed by atoms with Gasteiger partial charge >= 0.3 is 5.97 Å². The molecule has 0 aromatic rings. The van der Waals surface area contributed by atoms with Gasteiger partial charge in [-0.1, -0.05) is 12.2 Å². The van der Waals surface area contributed by atoms with Gasteiger partial charge < -0.3 is 10.5 Å². The van der Waals surface area contributed by atoms with Crippen molar-refractivity contribution in [3.05, 3.63) is 0 Å². The first-order chi connectivity index (χ1) is 8.36. The highest BCUT2D eigenvalue weighted by molar-refractivity contribution is 7.89. The number of nitrogens with two attached hydrogens (primary N) is 1. The molecule has 0 atom stereocenters. The Morgan fingerprint density at radius 3 is 2.56 bits per heavy atom. The van der Waals surface area contributed by atoms with Gasteiger partial charge in [-0.05, 0) is 19.8 Å². The minimum Gasteiger partial charge on any atom is -0.465 e. The largest absolute Gasteiger partial charge is 0.465 e. The standard InChI is InChI=1S/C10H18N2O4S2/c1-2-16-10(13)7-18(14,15)12(8-3-4-8)6-5-9(11)17/h8H,2-7H2,1H3,(H2,11,17). The van der Waals surface area contributed by atoms with E-state index in [2.05, 4.69) is 4.74 Å². The van der Waals surface area contributed by atoms with Crippen molar-refractivity contribution in [1.29, 1.82) is 0 Å². The van der Waals surface area contributed by atoms with Crippen molar-refractivity contribution >= 4 is 33.2 Å². The average molecular weight is 294 g/mol. The number of hydrogen-bond donors (Lipinski definition) is 1. The minimum atomic E-state index is -3.63. The molecule has 18 heavy (non-hydrogen) atoms. The van der Waals surface area contributed by atoms with Crippen LogP contribution in [0.2, 0.25) is 0 Å². The van der Waals surface area contributed by atoms with Gasteiger partial charge in [-0.25, -0.2) is 8.42 Å². The van der Waals surface area contributed by atoms with Crippen LogP contribution in [0.3, 0.4) is 0 Å². The number of carbonyl (C=O) groups excluding carboxylic acids is 1. The summed E-state index contributed by atoms with van der Waals surface area (Å²) in [5.74, 6) is -1.34. The highest BCUT2D eigenvalue weighted by Crippen LogP contribution is 2.29. The van der Waals surface area contributed by atoms with Gasteiger partial charge in [-0.15, -0.1) is 0 Å². The molecule has 1 saturated carbocycles. The van der Waals surface area contributed by atoms with E-state index >= 15 is 0 Å². The fourth-order valence-electron chi connectivity index (χ4n) is 1.57. The summed E-state index contributed by atoms with van der Waals surface area (Å²) in [6.07, 6.45) is 1.96. The highest BCUT2D eigenvalue weighted by atomic mass is 32.2. The van der Waals surface area contributed by atoms with Gasteiger partial charge in [0.1, 0.15) is 0 Å². The molecular formula is C10H18N2O4S2. The Kier molecular flexibility index (Phi) is 5.48. The first-order valence-corrected chi connectivity index (χ1v) is 7.82. The summed E-state index contributed by atoms with van der Waals surface area (Å²) in [6.45, 7) is 2.04. The Bertz CT molecular complexity index is 418. The van der Waals surface area contributed by atoms with Gasteiger partial charge in [0.2, 0.25) is 10.0 Å². The molecule has 0 unspecified atom stereocenters. The van der Waals surface area contributed by atoms with E-state index in [1.165, 1.54) is 4.31 Å². The molecule has 1 aliphatic carbocycles. The Hall–Kier alpha value is -0.730.